The topological polar surface area (TPSA) is 96.0 Å². The molecule has 2 aromatic carbocycles. The van der Waals surface area contributed by atoms with E-state index >= 15 is 0 Å². The molecular formula is C22H25N5O2S. The molecule has 0 saturated heterocycles. The van der Waals surface area contributed by atoms with Gasteiger partial charge in [-0.1, -0.05) is 79.6 Å². The van der Waals surface area contributed by atoms with Crippen LogP contribution in [-0.4, -0.2) is 28.2 Å². The predicted octanol–water partition coefficient (Wildman–Crippen LogP) is 4.69. The second-order valence-corrected chi connectivity index (χ2v) is 8.07. The number of carbonyl (C=O) groups is 2. The molecule has 0 fully saturated rings. The Morgan fingerprint density at radius 2 is 1.70 bits per heavy atom. The fraction of sp³-hybridized carbons (Fsp3) is 0.273. The van der Waals surface area contributed by atoms with E-state index in [0.29, 0.717) is 10.8 Å². The lowest BCUT2D eigenvalue weighted by molar-refractivity contribution is -0.119. The molecule has 1 heterocycles. The molecule has 3 aromatic rings. The van der Waals surface area contributed by atoms with Gasteiger partial charge in [0.05, 0.1) is 0 Å². The summed E-state index contributed by atoms with van der Waals surface area (Å²) in [5, 5.41) is 17.7. The molecule has 2 atom stereocenters. The third-order valence-electron chi connectivity index (χ3n) is 4.77. The minimum absolute atomic E-state index is 0.0592. The molecule has 0 radical (unpaired) electrons. The molecule has 2 unspecified atom stereocenters. The number of urea groups is 1. The minimum atomic E-state index is -0.703. The molecule has 30 heavy (non-hydrogen) atoms. The molecule has 0 aliphatic rings. The van der Waals surface area contributed by atoms with Crippen LogP contribution < -0.4 is 16.0 Å². The van der Waals surface area contributed by atoms with E-state index in [1.54, 1.807) is 12.1 Å². The SMILES string of the molecule is CCC(C)C(NC(=O)Nc1ccccc1)C(=O)Nc1nnc(-c2ccc(C)cc2)s1. The number of carbonyl (C=O) groups excluding carboxylic acids is 2. The number of aryl methyl sites for hydroxylation is 1. The van der Waals surface area contributed by atoms with Gasteiger partial charge in [-0.25, -0.2) is 4.79 Å². The maximum Gasteiger partial charge on any atom is 0.319 e. The fourth-order valence-corrected chi connectivity index (χ4v) is 3.55. The first-order valence-corrected chi connectivity index (χ1v) is 10.6. The van der Waals surface area contributed by atoms with Gasteiger partial charge in [0, 0.05) is 11.3 Å². The molecule has 0 aliphatic heterocycles. The van der Waals surface area contributed by atoms with Crippen LogP contribution in [0.3, 0.4) is 0 Å². The van der Waals surface area contributed by atoms with Crippen LogP contribution in [0, 0.1) is 12.8 Å². The monoisotopic (exact) mass is 423 g/mol. The lowest BCUT2D eigenvalue weighted by Crippen LogP contribution is -2.49. The summed E-state index contributed by atoms with van der Waals surface area (Å²) in [6.45, 7) is 5.92. The van der Waals surface area contributed by atoms with Crippen LogP contribution >= 0.6 is 11.3 Å². The van der Waals surface area contributed by atoms with Crippen molar-refractivity contribution in [3.8, 4) is 10.6 Å². The first-order valence-electron chi connectivity index (χ1n) is 9.80. The van der Waals surface area contributed by atoms with Crippen molar-refractivity contribution in [1.29, 1.82) is 0 Å². The summed E-state index contributed by atoms with van der Waals surface area (Å²) < 4.78 is 0. The first-order chi connectivity index (χ1) is 14.5. The van der Waals surface area contributed by atoms with Gasteiger partial charge in [0.15, 0.2) is 0 Å². The van der Waals surface area contributed by atoms with E-state index in [9.17, 15) is 9.59 Å². The highest BCUT2D eigenvalue weighted by molar-refractivity contribution is 7.18. The van der Waals surface area contributed by atoms with Gasteiger partial charge in [-0.3, -0.25) is 10.1 Å². The van der Waals surface area contributed by atoms with Crippen LogP contribution in [0.25, 0.3) is 10.6 Å². The molecule has 0 spiro atoms. The number of para-hydroxylation sites is 1. The second-order valence-electron chi connectivity index (χ2n) is 7.10. The highest BCUT2D eigenvalue weighted by Crippen LogP contribution is 2.26. The second kappa shape index (κ2) is 9.98. The van der Waals surface area contributed by atoms with Crippen molar-refractivity contribution in [2.45, 2.75) is 33.2 Å². The van der Waals surface area contributed by atoms with Gasteiger partial charge in [0.25, 0.3) is 0 Å². The number of hydrogen-bond acceptors (Lipinski definition) is 5. The smallest absolute Gasteiger partial charge is 0.319 e. The van der Waals surface area contributed by atoms with Crippen LogP contribution in [0.5, 0.6) is 0 Å². The summed E-state index contributed by atoms with van der Waals surface area (Å²) in [6, 6.07) is 15.9. The van der Waals surface area contributed by atoms with E-state index in [2.05, 4.69) is 26.1 Å². The van der Waals surface area contributed by atoms with Gasteiger partial charge < -0.3 is 10.6 Å². The average Bonchev–Trinajstić information content (AvgIpc) is 3.21. The molecular weight excluding hydrogens is 398 g/mol. The zero-order chi connectivity index (χ0) is 21.5. The number of anilines is 2. The number of nitrogens with zero attached hydrogens (tertiary/aromatic N) is 2. The zero-order valence-electron chi connectivity index (χ0n) is 17.2. The number of hydrogen-bond donors (Lipinski definition) is 3. The van der Waals surface area contributed by atoms with Crippen LogP contribution in [-0.2, 0) is 4.79 Å². The van der Waals surface area contributed by atoms with Gasteiger partial charge in [0.1, 0.15) is 11.0 Å². The highest BCUT2D eigenvalue weighted by Gasteiger charge is 2.27. The minimum Gasteiger partial charge on any atom is -0.326 e. The van der Waals surface area contributed by atoms with Crippen molar-refractivity contribution >= 4 is 34.1 Å². The standard InChI is InChI=1S/C22H25N5O2S/c1-4-15(3)18(24-21(29)23-17-8-6-5-7-9-17)19(28)25-22-27-26-20(30-22)16-12-10-14(2)11-13-16/h5-13,15,18H,4H2,1-3H3,(H2,23,24,29)(H,25,27,28). The Kier molecular flexibility index (Phi) is 7.13. The van der Waals surface area contributed by atoms with E-state index in [0.717, 1.165) is 22.6 Å². The maximum atomic E-state index is 12.9. The largest absolute Gasteiger partial charge is 0.326 e. The Balaban J connectivity index is 1.66. The highest BCUT2D eigenvalue weighted by atomic mass is 32.1. The Morgan fingerprint density at radius 1 is 1.00 bits per heavy atom. The normalized spacial score (nSPS) is 12.6. The predicted molar refractivity (Wildman–Crippen MR) is 121 cm³/mol. The molecule has 3 rings (SSSR count). The molecule has 7 nitrogen and oxygen atoms in total. The van der Waals surface area contributed by atoms with E-state index < -0.39 is 12.1 Å². The summed E-state index contributed by atoms with van der Waals surface area (Å²) >= 11 is 1.30. The van der Waals surface area contributed by atoms with Crippen LogP contribution in [0.4, 0.5) is 15.6 Å². The summed E-state index contributed by atoms with van der Waals surface area (Å²) in [5.41, 5.74) is 2.76. The fourth-order valence-electron chi connectivity index (χ4n) is 2.80. The van der Waals surface area contributed by atoms with E-state index in [4.69, 9.17) is 0 Å². The molecule has 3 N–H and O–H groups in total. The van der Waals surface area contributed by atoms with Gasteiger partial charge in [-0.15, -0.1) is 10.2 Å². The molecule has 8 heteroatoms. The van der Waals surface area contributed by atoms with Crippen LogP contribution in [0.15, 0.2) is 54.6 Å². The van der Waals surface area contributed by atoms with Crippen molar-refractivity contribution < 1.29 is 9.59 Å². The quantitative estimate of drug-likeness (QED) is 0.514. The molecule has 3 amide bonds. The third-order valence-corrected chi connectivity index (χ3v) is 5.66. The van der Waals surface area contributed by atoms with Crippen LogP contribution in [0.1, 0.15) is 25.8 Å². The summed E-state index contributed by atoms with van der Waals surface area (Å²) in [4.78, 5) is 25.3. The first kappa shape index (κ1) is 21.4. The van der Waals surface area contributed by atoms with Gasteiger partial charge in [-0.05, 0) is 25.0 Å². The van der Waals surface area contributed by atoms with Crippen molar-refractivity contribution in [1.82, 2.24) is 15.5 Å². The Morgan fingerprint density at radius 3 is 2.37 bits per heavy atom. The summed E-state index contributed by atoms with van der Waals surface area (Å²) in [5.74, 6) is -0.379. The van der Waals surface area contributed by atoms with Gasteiger partial charge >= 0.3 is 6.03 Å². The van der Waals surface area contributed by atoms with Crippen LogP contribution in [0.2, 0.25) is 0 Å². The van der Waals surface area contributed by atoms with Gasteiger partial charge in [-0.2, -0.15) is 0 Å². The lowest BCUT2D eigenvalue weighted by atomic mass is 9.98. The summed E-state index contributed by atoms with van der Waals surface area (Å²) in [7, 11) is 0. The Hall–Kier alpha value is -3.26. The molecule has 0 bridgehead atoms. The lowest BCUT2D eigenvalue weighted by Gasteiger charge is -2.23. The number of amides is 3. The van der Waals surface area contributed by atoms with Crippen molar-refractivity contribution in [2.24, 2.45) is 5.92 Å². The number of aromatic nitrogens is 2. The average molecular weight is 424 g/mol. The van der Waals surface area contributed by atoms with Gasteiger partial charge in [0.2, 0.25) is 11.0 Å². The molecule has 1 aromatic heterocycles. The number of benzene rings is 2. The molecule has 156 valence electrons. The third kappa shape index (κ3) is 5.64. The Labute approximate surface area is 179 Å². The zero-order valence-corrected chi connectivity index (χ0v) is 18.0. The van der Waals surface area contributed by atoms with E-state index in [-0.39, 0.29) is 11.8 Å². The summed E-state index contributed by atoms with van der Waals surface area (Å²) in [6.07, 6.45) is 0.731. The molecule has 0 aliphatic carbocycles. The van der Waals surface area contributed by atoms with E-state index in [1.807, 2.05) is 63.2 Å². The number of rotatable bonds is 7. The van der Waals surface area contributed by atoms with E-state index in [1.165, 1.54) is 11.3 Å². The maximum absolute atomic E-state index is 12.9. The molecule has 0 saturated carbocycles. The Bertz CT molecular complexity index is 988. The van der Waals surface area contributed by atoms with Crippen molar-refractivity contribution in [3.05, 3.63) is 60.2 Å². The van der Waals surface area contributed by atoms with Crippen molar-refractivity contribution in [2.75, 3.05) is 10.6 Å². The van der Waals surface area contributed by atoms with Crippen molar-refractivity contribution in [3.63, 3.8) is 0 Å². The number of nitrogens with one attached hydrogen (secondary N) is 3.